The minimum atomic E-state index is -0.806. The minimum Gasteiger partial charge on any atom is -0.481 e. The van der Waals surface area contributed by atoms with Gasteiger partial charge in [0.05, 0.1) is 11.8 Å². The van der Waals surface area contributed by atoms with E-state index in [1.165, 1.54) is 11.3 Å². The molecule has 29 heavy (non-hydrogen) atoms. The van der Waals surface area contributed by atoms with Crippen LogP contribution < -0.4 is 15.5 Å². The van der Waals surface area contributed by atoms with Gasteiger partial charge in [0.25, 0.3) is 11.8 Å². The molecule has 7 heteroatoms. The van der Waals surface area contributed by atoms with Crippen LogP contribution in [0.15, 0.2) is 71.3 Å². The minimum absolute atomic E-state index is 0.336. The summed E-state index contributed by atoms with van der Waals surface area (Å²) < 4.78 is 11.2. The molecule has 2 aromatic carbocycles. The Hall–Kier alpha value is -3.74. The number of rotatable bonds is 5. The standard InChI is InChI=1S/C22H21N3O4/c1-14-9-11-16(12-10-14)29-15(2)21(26)24-25-20(19-8-5-13-28-19)23-18-7-4-3-6-17(18)22(25)27/h3-13,15,20,23H,1-2H3,(H,24,26). The van der Waals surface area contributed by atoms with E-state index in [4.69, 9.17) is 9.15 Å². The summed E-state index contributed by atoms with van der Waals surface area (Å²) in [5, 5.41) is 4.47. The van der Waals surface area contributed by atoms with Crippen molar-refractivity contribution in [2.45, 2.75) is 26.1 Å². The molecule has 1 aliphatic heterocycles. The number of amides is 2. The highest BCUT2D eigenvalue weighted by Gasteiger charge is 2.36. The molecule has 2 heterocycles. The topological polar surface area (TPSA) is 83.8 Å². The Morgan fingerprint density at radius 3 is 2.62 bits per heavy atom. The van der Waals surface area contributed by atoms with Crippen molar-refractivity contribution in [2.24, 2.45) is 0 Å². The summed E-state index contributed by atoms with van der Waals surface area (Å²) in [4.78, 5) is 25.8. The average Bonchev–Trinajstić information content (AvgIpc) is 3.26. The fourth-order valence-electron chi connectivity index (χ4n) is 3.10. The van der Waals surface area contributed by atoms with Gasteiger partial charge in [-0.3, -0.25) is 15.0 Å². The second kappa shape index (κ2) is 7.71. The number of nitrogens with one attached hydrogen (secondary N) is 2. The number of hydrazine groups is 1. The molecule has 1 aliphatic rings. The van der Waals surface area contributed by atoms with E-state index in [9.17, 15) is 9.59 Å². The number of anilines is 1. The Labute approximate surface area is 168 Å². The second-order valence-electron chi connectivity index (χ2n) is 6.83. The van der Waals surface area contributed by atoms with Crippen LogP contribution in [-0.4, -0.2) is 22.9 Å². The molecule has 0 saturated carbocycles. The van der Waals surface area contributed by atoms with Gasteiger partial charge < -0.3 is 14.5 Å². The maximum Gasteiger partial charge on any atom is 0.279 e. The van der Waals surface area contributed by atoms with E-state index >= 15 is 0 Å². The fourth-order valence-corrected chi connectivity index (χ4v) is 3.10. The number of furan rings is 1. The van der Waals surface area contributed by atoms with Crippen LogP contribution in [0.5, 0.6) is 5.75 Å². The first-order valence-electron chi connectivity index (χ1n) is 9.29. The molecular formula is C22H21N3O4. The third-order valence-corrected chi connectivity index (χ3v) is 4.67. The smallest absolute Gasteiger partial charge is 0.279 e. The predicted molar refractivity (Wildman–Crippen MR) is 107 cm³/mol. The van der Waals surface area contributed by atoms with E-state index in [1.807, 2.05) is 31.2 Å². The van der Waals surface area contributed by atoms with E-state index in [-0.39, 0.29) is 5.91 Å². The first kappa shape index (κ1) is 18.6. The third-order valence-electron chi connectivity index (χ3n) is 4.67. The van der Waals surface area contributed by atoms with Gasteiger partial charge in [-0.2, -0.15) is 0 Å². The van der Waals surface area contributed by atoms with E-state index in [0.29, 0.717) is 22.8 Å². The number of carbonyl (C=O) groups is 2. The number of hydrogen-bond acceptors (Lipinski definition) is 5. The zero-order valence-corrected chi connectivity index (χ0v) is 16.1. The monoisotopic (exact) mass is 391 g/mol. The molecule has 0 saturated heterocycles. The quantitative estimate of drug-likeness (QED) is 0.694. The molecule has 0 bridgehead atoms. The van der Waals surface area contributed by atoms with Gasteiger partial charge in [-0.25, -0.2) is 5.01 Å². The molecule has 0 radical (unpaired) electrons. The van der Waals surface area contributed by atoms with Crippen LogP contribution in [0.4, 0.5) is 5.69 Å². The van der Waals surface area contributed by atoms with Crippen LogP contribution in [-0.2, 0) is 4.79 Å². The predicted octanol–water partition coefficient (Wildman–Crippen LogP) is 3.65. The van der Waals surface area contributed by atoms with Gasteiger partial charge >= 0.3 is 0 Å². The van der Waals surface area contributed by atoms with Crippen LogP contribution in [0.1, 0.15) is 34.8 Å². The van der Waals surface area contributed by atoms with Gasteiger partial charge in [-0.1, -0.05) is 29.8 Å². The molecule has 4 rings (SSSR count). The van der Waals surface area contributed by atoms with E-state index in [1.54, 1.807) is 43.3 Å². The maximum atomic E-state index is 13.1. The first-order chi connectivity index (χ1) is 14.0. The molecule has 0 spiro atoms. The van der Waals surface area contributed by atoms with Crippen molar-refractivity contribution >= 4 is 17.5 Å². The van der Waals surface area contributed by atoms with Crippen molar-refractivity contribution in [2.75, 3.05) is 5.32 Å². The zero-order valence-electron chi connectivity index (χ0n) is 16.1. The lowest BCUT2D eigenvalue weighted by Gasteiger charge is -2.36. The molecule has 1 aromatic heterocycles. The zero-order chi connectivity index (χ0) is 20.4. The molecule has 0 aliphatic carbocycles. The lowest BCUT2D eigenvalue weighted by atomic mass is 10.1. The molecule has 148 valence electrons. The summed E-state index contributed by atoms with van der Waals surface area (Å²) >= 11 is 0. The SMILES string of the molecule is Cc1ccc(OC(C)C(=O)NN2C(=O)c3ccccc3NC2c2ccco2)cc1. The Morgan fingerprint density at radius 1 is 1.14 bits per heavy atom. The van der Waals surface area contributed by atoms with Crippen molar-refractivity contribution in [3.8, 4) is 5.75 Å². The van der Waals surface area contributed by atoms with Crippen LogP contribution in [0.25, 0.3) is 0 Å². The lowest BCUT2D eigenvalue weighted by Crippen LogP contribution is -2.55. The summed E-state index contributed by atoms with van der Waals surface area (Å²) in [5.41, 5.74) is 4.91. The van der Waals surface area contributed by atoms with Crippen molar-refractivity contribution < 1.29 is 18.7 Å². The summed E-state index contributed by atoms with van der Waals surface area (Å²) in [6.07, 6.45) is 0.0355. The Morgan fingerprint density at radius 2 is 1.90 bits per heavy atom. The maximum absolute atomic E-state index is 13.1. The Kier molecular flexibility index (Phi) is 4.95. The van der Waals surface area contributed by atoms with Crippen molar-refractivity contribution in [1.29, 1.82) is 0 Å². The highest BCUT2D eigenvalue weighted by molar-refractivity contribution is 6.02. The molecule has 2 atom stereocenters. The van der Waals surface area contributed by atoms with Crippen molar-refractivity contribution in [3.05, 3.63) is 83.8 Å². The number of ether oxygens (including phenoxy) is 1. The van der Waals surface area contributed by atoms with E-state index in [0.717, 1.165) is 5.56 Å². The third kappa shape index (κ3) is 3.80. The number of carbonyl (C=O) groups excluding carboxylic acids is 2. The van der Waals surface area contributed by atoms with Gasteiger partial charge in [-0.05, 0) is 50.2 Å². The van der Waals surface area contributed by atoms with Crippen molar-refractivity contribution in [3.63, 3.8) is 0 Å². The summed E-state index contributed by atoms with van der Waals surface area (Å²) in [7, 11) is 0. The molecule has 0 fully saturated rings. The molecule has 2 amide bonds. The van der Waals surface area contributed by atoms with Gasteiger partial charge in [0.15, 0.2) is 12.3 Å². The second-order valence-corrected chi connectivity index (χ2v) is 6.83. The molecule has 3 aromatic rings. The number of benzene rings is 2. The summed E-state index contributed by atoms with van der Waals surface area (Å²) in [5.74, 6) is 0.294. The van der Waals surface area contributed by atoms with Crippen LogP contribution in [0.3, 0.4) is 0 Å². The van der Waals surface area contributed by atoms with E-state index in [2.05, 4.69) is 10.7 Å². The van der Waals surface area contributed by atoms with Crippen LogP contribution in [0.2, 0.25) is 0 Å². The fraction of sp³-hybridized carbons (Fsp3) is 0.182. The molecule has 2 N–H and O–H groups in total. The van der Waals surface area contributed by atoms with Crippen molar-refractivity contribution in [1.82, 2.24) is 10.4 Å². The summed E-state index contributed by atoms with van der Waals surface area (Å²) in [6, 6.07) is 18.0. The molecular weight excluding hydrogens is 370 g/mol. The highest BCUT2D eigenvalue weighted by atomic mass is 16.5. The van der Waals surface area contributed by atoms with Gasteiger partial charge in [-0.15, -0.1) is 0 Å². The molecule has 2 unspecified atom stereocenters. The van der Waals surface area contributed by atoms with Crippen LogP contribution in [0, 0.1) is 6.92 Å². The van der Waals surface area contributed by atoms with E-state index < -0.39 is 18.2 Å². The molecule has 7 nitrogen and oxygen atoms in total. The van der Waals surface area contributed by atoms with Gasteiger partial charge in [0, 0.05) is 5.69 Å². The number of nitrogens with zero attached hydrogens (tertiary/aromatic N) is 1. The number of aryl methyl sites for hydroxylation is 1. The number of para-hydroxylation sites is 1. The number of hydrogen-bond donors (Lipinski definition) is 2. The van der Waals surface area contributed by atoms with Gasteiger partial charge in [0.2, 0.25) is 0 Å². The largest absolute Gasteiger partial charge is 0.481 e. The number of fused-ring (bicyclic) bond motifs is 1. The average molecular weight is 391 g/mol. The highest BCUT2D eigenvalue weighted by Crippen LogP contribution is 2.32. The van der Waals surface area contributed by atoms with Gasteiger partial charge in [0.1, 0.15) is 11.5 Å². The van der Waals surface area contributed by atoms with Crippen LogP contribution >= 0.6 is 0 Å². The lowest BCUT2D eigenvalue weighted by molar-refractivity contribution is -0.132. The Bertz CT molecular complexity index is 1010. The summed E-state index contributed by atoms with van der Waals surface area (Å²) in [6.45, 7) is 3.61. The Balaban J connectivity index is 1.55. The normalized spacial score (nSPS) is 16.6. The first-order valence-corrected chi connectivity index (χ1v) is 9.29.